The first kappa shape index (κ1) is 33.7. The van der Waals surface area contributed by atoms with Gasteiger partial charge in [0.1, 0.15) is 0 Å². The van der Waals surface area contributed by atoms with Crippen LogP contribution < -0.4 is 27.1 Å². The standard InChI is InChI=1S/C40H38B8N2/c1-20(41)34(42)38(46)33-29(23-13-10-14-24(19-23)50-21(2)49-27-17-8-9-18-28(27)50)31-32(37(45)40(48)39(47)36(31)44)30(35(33)43)26-16-7-6-15-25(26)22-11-4-3-5-12-22/h3-19,43H,41-42,44-48H2,1-2H3/b34-20-,38-33+. The molecule has 2 nitrogen and oxygen atoms in total. The summed E-state index contributed by atoms with van der Waals surface area (Å²) in [7, 11) is 21.0. The molecule has 1 heterocycles. The Labute approximate surface area is 303 Å². The number of hydrogen-bond acceptors (Lipinski definition) is 1. The molecule has 0 fully saturated rings. The zero-order chi connectivity index (χ0) is 35.4. The molecule has 0 saturated carbocycles. The predicted octanol–water partition coefficient (Wildman–Crippen LogP) is -1.09. The number of nitrogens with zero attached hydrogens (tertiary/aromatic N) is 2. The Balaban J connectivity index is 1.72. The third kappa shape index (κ3) is 5.41. The quantitative estimate of drug-likeness (QED) is 0.221. The van der Waals surface area contributed by atoms with Crippen LogP contribution >= 0.6 is 0 Å². The second-order valence-corrected chi connectivity index (χ2v) is 14.0. The van der Waals surface area contributed by atoms with Crippen LogP contribution in [0.1, 0.15) is 12.7 Å². The Kier molecular flexibility index (Phi) is 8.85. The first-order valence-electron chi connectivity index (χ1n) is 17.6. The fourth-order valence-corrected chi connectivity index (χ4v) is 7.89. The molecule has 0 bridgehead atoms. The zero-order valence-electron chi connectivity index (χ0n) is 30.9. The zero-order valence-corrected chi connectivity index (χ0v) is 30.9. The van der Waals surface area contributed by atoms with E-state index in [0.717, 1.165) is 27.7 Å². The first-order chi connectivity index (χ1) is 24.0. The molecule has 10 heteroatoms. The van der Waals surface area contributed by atoms with Gasteiger partial charge in [0.2, 0.25) is 0 Å². The van der Waals surface area contributed by atoms with Crippen LogP contribution in [0, 0.1) is 12.0 Å². The van der Waals surface area contributed by atoms with Crippen molar-refractivity contribution in [3.05, 3.63) is 130 Å². The predicted molar refractivity (Wildman–Crippen MR) is 240 cm³/mol. The van der Waals surface area contributed by atoms with Gasteiger partial charge < -0.3 is 0 Å². The molecule has 50 heavy (non-hydrogen) atoms. The minimum absolute atomic E-state index is 0.973. The van der Waals surface area contributed by atoms with Crippen LogP contribution in [0.25, 0.3) is 66.3 Å². The van der Waals surface area contributed by atoms with E-state index in [1.807, 2.05) is 0 Å². The van der Waals surface area contributed by atoms with Crippen LogP contribution in [-0.4, -0.2) is 72.0 Å². The third-order valence-corrected chi connectivity index (χ3v) is 11.1. The maximum atomic E-state index is 5.02. The van der Waals surface area contributed by atoms with Crippen LogP contribution in [-0.2, 0) is 0 Å². The van der Waals surface area contributed by atoms with E-state index in [1.165, 1.54) is 87.6 Å². The fraction of sp³-hybridized carbons (Fsp3) is 0.0500. The molecule has 0 spiro atoms. The average Bonchev–Trinajstić information content (AvgIpc) is 3.47. The molecule has 0 aliphatic carbocycles. The summed E-state index contributed by atoms with van der Waals surface area (Å²) < 4.78 is 2.28. The van der Waals surface area contributed by atoms with Crippen LogP contribution in [0.15, 0.2) is 114 Å². The van der Waals surface area contributed by atoms with Crippen molar-refractivity contribution < 1.29 is 0 Å². The average molecular weight is 633 g/mol. The van der Waals surface area contributed by atoms with Gasteiger partial charge in [-0.05, 0) is 0 Å². The molecule has 0 radical (unpaired) electrons. The number of aryl methyl sites for hydroxylation is 1. The van der Waals surface area contributed by atoms with Gasteiger partial charge in [-0.2, -0.15) is 0 Å². The molecule has 7 aromatic rings. The Morgan fingerprint density at radius 3 is 1.90 bits per heavy atom. The third-order valence-electron chi connectivity index (χ3n) is 11.1. The fourth-order valence-electron chi connectivity index (χ4n) is 7.89. The molecule has 0 amide bonds. The van der Waals surface area contributed by atoms with Crippen molar-refractivity contribution in [3.8, 4) is 39.1 Å². The van der Waals surface area contributed by atoms with Gasteiger partial charge in [-0.15, -0.1) is 0 Å². The molecule has 0 saturated heterocycles. The molecular weight excluding hydrogens is 595 g/mol. The van der Waals surface area contributed by atoms with Crippen LogP contribution in [0.4, 0.5) is 0 Å². The van der Waals surface area contributed by atoms with E-state index in [2.05, 4.69) is 176 Å². The van der Waals surface area contributed by atoms with Gasteiger partial charge in [-0.25, -0.2) is 0 Å². The van der Waals surface area contributed by atoms with Gasteiger partial charge in [0.15, 0.2) is 0 Å². The van der Waals surface area contributed by atoms with Crippen molar-refractivity contribution in [3.63, 3.8) is 0 Å². The number of allylic oxidation sites excluding steroid dienone is 2. The summed E-state index contributed by atoms with van der Waals surface area (Å²) in [4.78, 5) is 4.91. The van der Waals surface area contributed by atoms with E-state index in [9.17, 15) is 0 Å². The van der Waals surface area contributed by atoms with E-state index in [-0.39, 0.29) is 0 Å². The summed E-state index contributed by atoms with van der Waals surface area (Å²) in [5, 5.41) is 4.87. The van der Waals surface area contributed by atoms with Gasteiger partial charge in [-0.3, -0.25) is 0 Å². The summed E-state index contributed by atoms with van der Waals surface area (Å²) in [5.74, 6) is 0.973. The van der Waals surface area contributed by atoms with Crippen LogP contribution in [0.2, 0.25) is 0 Å². The summed E-state index contributed by atoms with van der Waals surface area (Å²) in [6.07, 6.45) is 0. The topological polar surface area (TPSA) is 17.8 Å². The van der Waals surface area contributed by atoms with Crippen molar-refractivity contribution in [1.29, 1.82) is 0 Å². The Bertz CT molecular complexity index is 2660. The van der Waals surface area contributed by atoms with Crippen LogP contribution in [0.3, 0.4) is 0 Å². The Hall–Kier alpha value is -4.82. The second-order valence-electron chi connectivity index (χ2n) is 14.0. The summed E-state index contributed by atoms with van der Waals surface area (Å²) in [6, 6.07) is 37.1. The summed E-state index contributed by atoms with van der Waals surface area (Å²) in [6.45, 7) is 4.31. The van der Waals surface area contributed by atoms with Gasteiger partial charge in [0, 0.05) is 0 Å². The van der Waals surface area contributed by atoms with Crippen molar-refractivity contribution in [2.24, 2.45) is 0 Å². The Morgan fingerprint density at radius 2 is 1.22 bits per heavy atom. The summed E-state index contributed by atoms with van der Waals surface area (Å²) in [5.41, 5.74) is 19.7. The molecule has 232 valence electrons. The number of aromatic nitrogens is 2. The van der Waals surface area contributed by atoms with Gasteiger partial charge in [0.05, 0.1) is 0 Å². The van der Waals surface area contributed by atoms with Crippen molar-refractivity contribution >= 4 is 112 Å². The van der Waals surface area contributed by atoms with E-state index in [4.69, 9.17) is 12.5 Å². The Morgan fingerprint density at radius 1 is 0.640 bits per heavy atom. The molecule has 1 aromatic heterocycles. The number of benzene rings is 6. The maximum absolute atomic E-state index is 5.02. The molecule has 6 aromatic carbocycles. The number of rotatable bonds is 5. The van der Waals surface area contributed by atoms with Gasteiger partial charge >= 0.3 is 304 Å². The van der Waals surface area contributed by atoms with Crippen molar-refractivity contribution in [1.82, 2.24) is 9.55 Å². The molecule has 0 aliphatic rings. The normalized spacial score (nSPS) is 12.7. The first-order valence-corrected chi connectivity index (χ1v) is 17.6. The van der Waals surface area contributed by atoms with Crippen molar-refractivity contribution in [2.75, 3.05) is 0 Å². The molecule has 0 unspecified atom stereocenters. The molecular formula is C40H38B8N2. The molecule has 0 N–H and O–H groups in total. The number of hydrogen-bond donors (Lipinski definition) is 0. The van der Waals surface area contributed by atoms with E-state index >= 15 is 0 Å². The number of imidazole rings is 1. The number of para-hydroxylation sites is 2. The van der Waals surface area contributed by atoms with Crippen LogP contribution in [0.5, 0.6) is 0 Å². The molecule has 7 rings (SSSR count). The van der Waals surface area contributed by atoms with Gasteiger partial charge in [0.25, 0.3) is 0 Å². The monoisotopic (exact) mass is 634 g/mol. The van der Waals surface area contributed by atoms with E-state index in [0.29, 0.717) is 0 Å². The van der Waals surface area contributed by atoms with Gasteiger partial charge in [-0.1, -0.05) is 0 Å². The van der Waals surface area contributed by atoms with E-state index < -0.39 is 0 Å². The SMILES string of the molecule is B=c1c(-c2ccccc2-c2ccccc2)c2c(B)c(B)c(B)c(B)c2c(-c2cccc(-n3c(C)nc4ccccc43)c2)/c1=C(B)/C(B)=C(/B)C. The minimum atomic E-state index is 0.973. The second kappa shape index (κ2) is 13.1. The number of fused-ring (bicyclic) bond motifs is 2. The summed E-state index contributed by atoms with van der Waals surface area (Å²) >= 11 is 0. The molecule has 0 atom stereocenters. The molecule has 0 aliphatic heterocycles. The van der Waals surface area contributed by atoms with Crippen molar-refractivity contribution in [2.45, 2.75) is 13.8 Å². The van der Waals surface area contributed by atoms with E-state index in [1.54, 1.807) is 0 Å².